The van der Waals surface area contributed by atoms with Crippen LogP contribution in [0.1, 0.15) is 5.56 Å². The Balaban J connectivity index is 2.77. The summed E-state index contributed by atoms with van der Waals surface area (Å²) in [4.78, 5) is 0. The van der Waals surface area contributed by atoms with Gasteiger partial charge in [0.1, 0.15) is 5.82 Å². The summed E-state index contributed by atoms with van der Waals surface area (Å²) in [5, 5.41) is 1.05. The van der Waals surface area contributed by atoms with E-state index in [1.165, 1.54) is 12.1 Å². The molecule has 4 heteroatoms. The molecule has 2 aromatic rings. The van der Waals surface area contributed by atoms with E-state index in [1.54, 1.807) is 12.1 Å². The van der Waals surface area contributed by atoms with Crippen molar-refractivity contribution in [2.75, 3.05) is 0 Å². The Morgan fingerprint density at radius 2 is 1.76 bits per heavy atom. The van der Waals surface area contributed by atoms with Crippen molar-refractivity contribution in [2.45, 2.75) is 6.92 Å². The molecular weight excluding hydrogens is 282 g/mol. The fourth-order valence-corrected chi connectivity index (χ4v) is 2.41. The van der Waals surface area contributed by atoms with Gasteiger partial charge in [-0.25, -0.2) is 4.39 Å². The van der Waals surface area contributed by atoms with E-state index in [-0.39, 0.29) is 5.82 Å². The number of hydrogen-bond acceptors (Lipinski definition) is 0. The molecule has 0 fully saturated rings. The van der Waals surface area contributed by atoms with Crippen molar-refractivity contribution in [1.29, 1.82) is 0 Å². The molecule has 2 aromatic carbocycles. The third-order valence-corrected chi connectivity index (χ3v) is 3.50. The van der Waals surface area contributed by atoms with Crippen LogP contribution in [0.5, 0.6) is 0 Å². The van der Waals surface area contributed by atoms with Crippen LogP contribution in [0.4, 0.5) is 4.39 Å². The quantitative estimate of drug-likeness (QED) is 0.585. The van der Waals surface area contributed by atoms with Gasteiger partial charge >= 0.3 is 0 Å². The molecule has 0 saturated heterocycles. The molecule has 0 heterocycles. The van der Waals surface area contributed by atoms with E-state index in [0.717, 1.165) is 5.56 Å². The van der Waals surface area contributed by atoms with E-state index in [4.69, 9.17) is 34.8 Å². The van der Waals surface area contributed by atoms with Crippen molar-refractivity contribution < 1.29 is 4.39 Å². The van der Waals surface area contributed by atoms with Gasteiger partial charge in [0.05, 0.1) is 10.0 Å². The molecule has 17 heavy (non-hydrogen) atoms. The van der Waals surface area contributed by atoms with E-state index < -0.39 is 0 Å². The molecule has 0 unspecified atom stereocenters. The van der Waals surface area contributed by atoms with Crippen molar-refractivity contribution in [3.05, 3.63) is 56.8 Å². The van der Waals surface area contributed by atoms with E-state index in [0.29, 0.717) is 26.2 Å². The Kier molecular flexibility index (Phi) is 3.62. The molecule has 0 amide bonds. The standard InChI is InChI=1S/C13H8Cl3F/c1-7-3-2-4-11(17)12(7)9-5-8(14)6-10(15)13(9)16/h2-6H,1H3. The van der Waals surface area contributed by atoms with Gasteiger partial charge in [0.15, 0.2) is 0 Å². The number of aryl methyl sites for hydroxylation is 1. The molecule has 0 aromatic heterocycles. The zero-order valence-electron chi connectivity index (χ0n) is 8.90. The SMILES string of the molecule is Cc1cccc(F)c1-c1cc(Cl)cc(Cl)c1Cl. The first-order valence-corrected chi connectivity index (χ1v) is 6.04. The molecule has 0 aliphatic heterocycles. The lowest BCUT2D eigenvalue weighted by molar-refractivity contribution is 0.630. The van der Waals surface area contributed by atoms with Crippen molar-refractivity contribution in [2.24, 2.45) is 0 Å². The average Bonchev–Trinajstić information content (AvgIpc) is 2.24. The van der Waals surface area contributed by atoms with Gasteiger partial charge in [-0.05, 0) is 30.7 Å². The molecule has 0 atom stereocenters. The predicted molar refractivity (Wildman–Crippen MR) is 71.6 cm³/mol. The topological polar surface area (TPSA) is 0 Å². The molecule has 0 radical (unpaired) electrons. The van der Waals surface area contributed by atoms with Gasteiger partial charge in [-0.2, -0.15) is 0 Å². The second-order valence-corrected chi connectivity index (χ2v) is 4.90. The minimum Gasteiger partial charge on any atom is -0.206 e. The maximum atomic E-state index is 13.8. The van der Waals surface area contributed by atoms with Gasteiger partial charge in [0.25, 0.3) is 0 Å². The Morgan fingerprint density at radius 3 is 2.41 bits per heavy atom. The zero-order chi connectivity index (χ0) is 12.6. The fourth-order valence-electron chi connectivity index (χ4n) is 1.71. The molecule has 0 aliphatic carbocycles. The summed E-state index contributed by atoms with van der Waals surface area (Å²) in [6.07, 6.45) is 0. The van der Waals surface area contributed by atoms with Crippen molar-refractivity contribution >= 4 is 34.8 Å². The zero-order valence-corrected chi connectivity index (χ0v) is 11.2. The van der Waals surface area contributed by atoms with Crippen LogP contribution >= 0.6 is 34.8 Å². The smallest absolute Gasteiger partial charge is 0.131 e. The van der Waals surface area contributed by atoms with Crippen LogP contribution in [0.2, 0.25) is 15.1 Å². The van der Waals surface area contributed by atoms with E-state index in [9.17, 15) is 4.39 Å². The molecule has 0 N–H and O–H groups in total. The minimum absolute atomic E-state index is 0.310. The predicted octanol–water partition coefficient (Wildman–Crippen LogP) is 5.76. The highest BCUT2D eigenvalue weighted by Crippen LogP contribution is 2.38. The van der Waals surface area contributed by atoms with E-state index in [2.05, 4.69) is 0 Å². The molecule has 2 rings (SSSR count). The van der Waals surface area contributed by atoms with Gasteiger partial charge in [-0.1, -0.05) is 46.9 Å². The number of benzene rings is 2. The Labute approximate surface area is 114 Å². The first-order chi connectivity index (χ1) is 8.00. The highest BCUT2D eigenvalue weighted by atomic mass is 35.5. The summed E-state index contributed by atoms with van der Waals surface area (Å²) in [6.45, 7) is 1.81. The lowest BCUT2D eigenvalue weighted by Crippen LogP contribution is -1.90. The summed E-state index contributed by atoms with van der Waals surface area (Å²) in [5.74, 6) is -0.342. The molecular formula is C13H8Cl3F. The molecule has 0 aliphatic rings. The van der Waals surface area contributed by atoms with Crippen LogP contribution in [-0.2, 0) is 0 Å². The number of hydrogen-bond donors (Lipinski definition) is 0. The van der Waals surface area contributed by atoms with Crippen molar-refractivity contribution in [3.63, 3.8) is 0 Å². The lowest BCUT2D eigenvalue weighted by atomic mass is 10.00. The average molecular weight is 290 g/mol. The second kappa shape index (κ2) is 4.85. The summed E-state index contributed by atoms with van der Waals surface area (Å²) in [5.41, 5.74) is 1.73. The Bertz CT molecular complexity index is 559. The maximum absolute atomic E-state index is 13.8. The Morgan fingerprint density at radius 1 is 1.06 bits per heavy atom. The third-order valence-electron chi connectivity index (χ3n) is 2.48. The van der Waals surface area contributed by atoms with Crippen molar-refractivity contribution in [1.82, 2.24) is 0 Å². The van der Waals surface area contributed by atoms with Crippen molar-refractivity contribution in [3.8, 4) is 11.1 Å². The molecule has 88 valence electrons. The highest BCUT2D eigenvalue weighted by molar-refractivity contribution is 6.45. The van der Waals surface area contributed by atoms with Crippen LogP contribution in [-0.4, -0.2) is 0 Å². The summed E-state index contributed by atoms with van der Waals surface area (Å²) < 4.78 is 13.8. The largest absolute Gasteiger partial charge is 0.206 e. The molecule has 0 saturated carbocycles. The molecule has 0 nitrogen and oxygen atoms in total. The van der Waals surface area contributed by atoms with Crippen LogP contribution < -0.4 is 0 Å². The van der Waals surface area contributed by atoms with Crippen LogP contribution in [0.25, 0.3) is 11.1 Å². The fraction of sp³-hybridized carbons (Fsp3) is 0.0769. The van der Waals surface area contributed by atoms with Crippen LogP contribution in [0.15, 0.2) is 30.3 Å². The first-order valence-electron chi connectivity index (χ1n) is 4.90. The van der Waals surface area contributed by atoms with Gasteiger partial charge in [0.2, 0.25) is 0 Å². The first kappa shape index (κ1) is 12.7. The van der Waals surface area contributed by atoms with E-state index >= 15 is 0 Å². The lowest BCUT2D eigenvalue weighted by Gasteiger charge is -2.11. The van der Waals surface area contributed by atoms with Gasteiger partial charge in [0, 0.05) is 16.1 Å². The number of halogens is 4. The minimum atomic E-state index is -0.342. The summed E-state index contributed by atoms with van der Waals surface area (Å²) in [6, 6.07) is 7.98. The monoisotopic (exact) mass is 288 g/mol. The Hall–Kier alpha value is -0.760. The van der Waals surface area contributed by atoms with E-state index in [1.807, 2.05) is 13.0 Å². The third kappa shape index (κ3) is 2.42. The second-order valence-electron chi connectivity index (χ2n) is 3.68. The normalized spacial score (nSPS) is 10.6. The van der Waals surface area contributed by atoms with Gasteiger partial charge in [-0.15, -0.1) is 0 Å². The number of rotatable bonds is 1. The maximum Gasteiger partial charge on any atom is 0.131 e. The van der Waals surface area contributed by atoms with Crippen LogP contribution in [0.3, 0.4) is 0 Å². The highest BCUT2D eigenvalue weighted by Gasteiger charge is 2.14. The summed E-state index contributed by atoms with van der Waals surface area (Å²) >= 11 is 17.9. The van der Waals surface area contributed by atoms with Gasteiger partial charge < -0.3 is 0 Å². The van der Waals surface area contributed by atoms with Gasteiger partial charge in [-0.3, -0.25) is 0 Å². The summed E-state index contributed by atoms with van der Waals surface area (Å²) in [7, 11) is 0. The molecule has 0 bridgehead atoms. The molecule has 0 spiro atoms. The van der Waals surface area contributed by atoms with Crippen LogP contribution in [0, 0.1) is 12.7 Å².